The summed E-state index contributed by atoms with van der Waals surface area (Å²) in [5, 5.41) is 12.1. The second-order valence-corrected chi connectivity index (χ2v) is 3.43. The molecule has 0 spiro atoms. The zero-order valence-corrected chi connectivity index (χ0v) is 8.23. The van der Waals surface area contributed by atoms with Crippen molar-refractivity contribution in [1.82, 2.24) is 10.3 Å². The summed E-state index contributed by atoms with van der Waals surface area (Å²) in [4.78, 5) is 15.1. The van der Waals surface area contributed by atoms with Crippen molar-refractivity contribution in [3.8, 4) is 0 Å². The first-order chi connectivity index (χ1) is 7.29. The number of carbonyl (C=O) groups is 1. The Morgan fingerprint density at radius 2 is 2.40 bits per heavy atom. The van der Waals surface area contributed by atoms with Gasteiger partial charge in [-0.25, -0.2) is 4.79 Å². The van der Waals surface area contributed by atoms with Crippen LogP contribution in [-0.2, 0) is 0 Å². The molecule has 1 aromatic rings. The number of hydrogen-bond acceptors (Lipinski definition) is 3. The molecule has 0 saturated heterocycles. The van der Waals surface area contributed by atoms with Crippen molar-refractivity contribution in [3.63, 3.8) is 0 Å². The predicted octanol–water partition coefficient (Wildman–Crippen LogP) is 1.50. The molecule has 0 aliphatic carbocycles. The molecule has 0 radical (unpaired) electrons. The van der Waals surface area contributed by atoms with Crippen molar-refractivity contribution in [1.29, 1.82) is 0 Å². The van der Waals surface area contributed by atoms with Crippen LogP contribution in [0.25, 0.3) is 5.57 Å². The molecule has 1 aliphatic heterocycles. The number of rotatable bonds is 2. The Bertz CT molecular complexity index is 413. The van der Waals surface area contributed by atoms with Crippen LogP contribution in [0.4, 0.5) is 0 Å². The number of aromatic nitrogens is 1. The SMILES string of the molecule is O=C(O)c1cccnc1C1=CNCCC1. The largest absolute Gasteiger partial charge is 0.478 e. The Morgan fingerprint density at radius 3 is 3.07 bits per heavy atom. The minimum atomic E-state index is -0.926. The van der Waals surface area contributed by atoms with Crippen LogP contribution in [0.5, 0.6) is 0 Å². The second-order valence-electron chi connectivity index (χ2n) is 3.43. The van der Waals surface area contributed by atoms with E-state index < -0.39 is 5.97 Å². The molecule has 0 unspecified atom stereocenters. The molecule has 0 saturated carbocycles. The summed E-state index contributed by atoms with van der Waals surface area (Å²) in [6, 6.07) is 3.23. The van der Waals surface area contributed by atoms with Gasteiger partial charge in [-0.05, 0) is 30.5 Å². The summed E-state index contributed by atoms with van der Waals surface area (Å²) >= 11 is 0. The van der Waals surface area contributed by atoms with Gasteiger partial charge in [0.25, 0.3) is 0 Å². The fraction of sp³-hybridized carbons (Fsp3) is 0.273. The third kappa shape index (κ3) is 1.98. The minimum Gasteiger partial charge on any atom is -0.478 e. The summed E-state index contributed by atoms with van der Waals surface area (Å²) in [6.45, 7) is 0.943. The van der Waals surface area contributed by atoms with Crippen LogP contribution >= 0.6 is 0 Å². The molecule has 1 aromatic heterocycles. The summed E-state index contributed by atoms with van der Waals surface area (Å²) in [5.74, 6) is -0.926. The molecular weight excluding hydrogens is 192 g/mol. The smallest absolute Gasteiger partial charge is 0.337 e. The van der Waals surface area contributed by atoms with E-state index in [2.05, 4.69) is 10.3 Å². The number of carboxylic acids is 1. The quantitative estimate of drug-likeness (QED) is 0.766. The Kier molecular flexibility index (Phi) is 2.67. The number of nitrogens with zero attached hydrogens (tertiary/aromatic N) is 1. The van der Waals surface area contributed by atoms with E-state index in [4.69, 9.17) is 5.11 Å². The molecule has 78 valence electrons. The maximum atomic E-state index is 11.0. The highest BCUT2D eigenvalue weighted by atomic mass is 16.4. The molecule has 4 heteroatoms. The van der Waals surface area contributed by atoms with E-state index in [9.17, 15) is 4.79 Å². The number of allylic oxidation sites excluding steroid dienone is 1. The maximum Gasteiger partial charge on any atom is 0.337 e. The lowest BCUT2D eigenvalue weighted by molar-refractivity contribution is 0.0696. The van der Waals surface area contributed by atoms with Gasteiger partial charge in [-0.15, -0.1) is 0 Å². The first-order valence-electron chi connectivity index (χ1n) is 4.90. The standard InChI is InChI=1S/C11H12N2O2/c14-11(15)9-4-2-6-13-10(9)8-3-1-5-12-7-8/h2,4,6-7,12H,1,3,5H2,(H,14,15). The third-order valence-electron chi connectivity index (χ3n) is 2.39. The Morgan fingerprint density at radius 1 is 1.53 bits per heavy atom. The van der Waals surface area contributed by atoms with E-state index in [1.165, 1.54) is 0 Å². The number of nitrogens with one attached hydrogen (secondary N) is 1. The van der Waals surface area contributed by atoms with Gasteiger partial charge in [0.2, 0.25) is 0 Å². The lowest BCUT2D eigenvalue weighted by Gasteiger charge is -2.14. The first kappa shape index (κ1) is 9.71. The first-order valence-corrected chi connectivity index (χ1v) is 4.90. The van der Waals surface area contributed by atoms with Crippen molar-refractivity contribution in [2.45, 2.75) is 12.8 Å². The van der Waals surface area contributed by atoms with E-state index in [1.54, 1.807) is 18.3 Å². The van der Waals surface area contributed by atoms with Gasteiger partial charge in [0.1, 0.15) is 0 Å². The average molecular weight is 204 g/mol. The van der Waals surface area contributed by atoms with Crippen LogP contribution < -0.4 is 5.32 Å². The molecular formula is C11H12N2O2. The molecule has 1 aliphatic rings. The van der Waals surface area contributed by atoms with Gasteiger partial charge < -0.3 is 10.4 Å². The Hall–Kier alpha value is -1.84. The Labute approximate surface area is 87.7 Å². The fourth-order valence-electron chi connectivity index (χ4n) is 1.67. The van der Waals surface area contributed by atoms with Crippen molar-refractivity contribution < 1.29 is 9.90 Å². The molecule has 0 fully saturated rings. The van der Waals surface area contributed by atoms with Gasteiger partial charge in [0.15, 0.2) is 0 Å². The van der Waals surface area contributed by atoms with Crippen LogP contribution in [0.1, 0.15) is 28.9 Å². The third-order valence-corrected chi connectivity index (χ3v) is 2.39. The zero-order chi connectivity index (χ0) is 10.7. The summed E-state index contributed by atoms with van der Waals surface area (Å²) < 4.78 is 0. The van der Waals surface area contributed by atoms with Crippen molar-refractivity contribution in [2.24, 2.45) is 0 Å². The van der Waals surface area contributed by atoms with E-state index >= 15 is 0 Å². The number of hydrogen-bond donors (Lipinski definition) is 2. The lowest BCUT2D eigenvalue weighted by atomic mass is 10.0. The monoisotopic (exact) mass is 204 g/mol. The lowest BCUT2D eigenvalue weighted by Crippen LogP contribution is -2.15. The van der Waals surface area contributed by atoms with Crippen LogP contribution in [0.2, 0.25) is 0 Å². The molecule has 0 aromatic carbocycles. The zero-order valence-electron chi connectivity index (χ0n) is 8.23. The topological polar surface area (TPSA) is 62.2 Å². The average Bonchev–Trinajstić information content (AvgIpc) is 2.30. The summed E-state index contributed by atoms with van der Waals surface area (Å²) in [7, 11) is 0. The minimum absolute atomic E-state index is 0.271. The molecule has 2 N–H and O–H groups in total. The maximum absolute atomic E-state index is 11.0. The van der Waals surface area contributed by atoms with Gasteiger partial charge in [0, 0.05) is 18.9 Å². The molecule has 0 atom stereocenters. The molecule has 15 heavy (non-hydrogen) atoms. The Balaban J connectivity index is 2.42. The summed E-state index contributed by atoms with van der Waals surface area (Å²) in [6.07, 6.45) is 5.38. The van der Waals surface area contributed by atoms with E-state index in [-0.39, 0.29) is 5.56 Å². The highest BCUT2D eigenvalue weighted by Gasteiger charge is 2.15. The van der Waals surface area contributed by atoms with Gasteiger partial charge in [-0.1, -0.05) is 0 Å². The normalized spacial score (nSPS) is 15.3. The molecule has 0 bridgehead atoms. The molecule has 2 rings (SSSR count). The van der Waals surface area contributed by atoms with Crippen molar-refractivity contribution >= 4 is 11.5 Å². The number of aromatic carboxylic acids is 1. The number of pyridine rings is 1. The van der Waals surface area contributed by atoms with E-state index in [0.29, 0.717) is 5.69 Å². The van der Waals surface area contributed by atoms with E-state index in [0.717, 1.165) is 25.0 Å². The van der Waals surface area contributed by atoms with Crippen LogP contribution in [-0.4, -0.2) is 22.6 Å². The molecule has 4 nitrogen and oxygen atoms in total. The van der Waals surface area contributed by atoms with Crippen LogP contribution in [0.3, 0.4) is 0 Å². The van der Waals surface area contributed by atoms with Crippen LogP contribution in [0.15, 0.2) is 24.5 Å². The second kappa shape index (κ2) is 4.13. The summed E-state index contributed by atoms with van der Waals surface area (Å²) in [5.41, 5.74) is 1.82. The van der Waals surface area contributed by atoms with E-state index in [1.807, 2.05) is 6.20 Å². The van der Waals surface area contributed by atoms with Gasteiger partial charge in [0.05, 0.1) is 11.3 Å². The molecule has 2 heterocycles. The van der Waals surface area contributed by atoms with Gasteiger partial charge >= 0.3 is 5.97 Å². The predicted molar refractivity (Wildman–Crippen MR) is 56.4 cm³/mol. The van der Waals surface area contributed by atoms with Gasteiger partial charge in [-0.2, -0.15) is 0 Å². The highest BCUT2D eigenvalue weighted by Crippen LogP contribution is 2.22. The molecule has 0 amide bonds. The number of carboxylic acid groups (broad SMARTS) is 1. The van der Waals surface area contributed by atoms with Crippen LogP contribution in [0, 0.1) is 0 Å². The fourth-order valence-corrected chi connectivity index (χ4v) is 1.67. The van der Waals surface area contributed by atoms with Crippen molar-refractivity contribution in [3.05, 3.63) is 35.8 Å². The van der Waals surface area contributed by atoms with Crippen molar-refractivity contribution in [2.75, 3.05) is 6.54 Å². The highest BCUT2D eigenvalue weighted by molar-refractivity contribution is 5.93. The van der Waals surface area contributed by atoms with Gasteiger partial charge in [-0.3, -0.25) is 4.98 Å².